The van der Waals surface area contributed by atoms with Crippen LogP contribution in [0.5, 0.6) is 0 Å². The van der Waals surface area contributed by atoms with E-state index in [0.29, 0.717) is 13.1 Å². The van der Waals surface area contributed by atoms with Gasteiger partial charge >= 0.3 is 0 Å². The molecule has 0 saturated carbocycles. The van der Waals surface area contributed by atoms with Crippen molar-refractivity contribution in [2.75, 3.05) is 31.8 Å². The van der Waals surface area contributed by atoms with Crippen molar-refractivity contribution in [2.45, 2.75) is 25.8 Å². The summed E-state index contributed by atoms with van der Waals surface area (Å²) in [6.07, 6.45) is 3.80. The number of rotatable bonds is 8. The molecule has 1 heterocycles. The van der Waals surface area contributed by atoms with Crippen LogP contribution in [-0.2, 0) is 18.8 Å². The molecule has 1 aromatic heterocycles. The van der Waals surface area contributed by atoms with Crippen LogP contribution in [0.1, 0.15) is 23.6 Å². The van der Waals surface area contributed by atoms with Crippen LogP contribution in [0.4, 0.5) is 10.2 Å². The number of hydrogen-bond acceptors (Lipinski definition) is 4. The Kier molecular flexibility index (Phi) is 8.39. The lowest BCUT2D eigenvalue weighted by molar-refractivity contribution is 0.625. The Morgan fingerprint density at radius 3 is 2.70 bits per heavy atom. The molecule has 0 atom stereocenters. The monoisotopic (exact) mass is 389 g/mol. The second kappa shape index (κ2) is 10.8. The summed E-state index contributed by atoms with van der Waals surface area (Å²) in [5, 5.41) is 6.61. The van der Waals surface area contributed by atoms with Crippen LogP contribution in [0, 0.1) is 5.82 Å². The average molecular weight is 390 g/mol. The first-order valence-electron chi connectivity index (χ1n) is 8.94. The highest BCUT2D eigenvalue weighted by Gasteiger charge is 2.07. The molecule has 1 aromatic carbocycles. The lowest BCUT2D eigenvalue weighted by Crippen LogP contribution is -2.37. The van der Waals surface area contributed by atoms with Crippen molar-refractivity contribution >= 4 is 23.5 Å². The quantitative estimate of drug-likeness (QED) is 0.535. The Balaban J connectivity index is 2.11. The SMILES string of the molecule is CCNC(=NCc1cccnc1N(C)C)NCc1ccc(F)cc1CSC. The van der Waals surface area contributed by atoms with Gasteiger partial charge in [0.25, 0.3) is 0 Å². The third-order valence-electron chi connectivity index (χ3n) is 3.96. The number of aliphatic imine (C=N–C) groups is 1. The minimum Gasteiger partial charge on any atom is -0.362 e. The van der Waals surface area contributed by atoms with Crippen molar-refractivity contribution in [1.82, 2.24) is 15.6 Å². The van der Waals surface area contributed by atoms with Gasteiger partial charge in [0.2, 0.25) is 0 Å². The maximum absolute atomic E-state index is 13.5. The summed E-state index contributed by atoms with van der Waals surface area (Å²) in [5.74, 6) is 2.23. The van der Waals surface area contributed by atoms with Gasteiger partial charge in [-0.1, -0.05) is 12.1 Å². The summed E-state index contributed by atoms with van der Waals surface area (Å²) in [4.78, 5) is 11.1. The summed E-state index contributed by atoms with van der Waals surface area (Å²) in [5.41, 5.74) is 3.14. The molecule has 27 heavy (non-hydrogen) atoms. The first-order chi connectivity index (χ1) is 13.0. The van der Waals surface area contributed by atoms with E-state index in [1.165, 1.54) is 6.07 Å². The third-order valence-corrected chi connectivity index (χ3v) is 4.56. The summed E-state index contributed by atoms with van der Waals surface area (Å²) in [6, 6.07) is 8.90. The van der Waals surface area contributed by atoms with Crippen LogP contribution in [0.15, 0.2) is 41.5 Å². The summed E-state index contributed by atoms with van der Waals surface area (Å²) in [6.45, 7) is 3.91. The number of hydrogen-bond donors (Lipinski definition) is 2. The first-order valence-corrected chi connectivity index (χ1v) is 10.3. The number of pyridine rings is 1. The molecule has 146 valence electrons. The molecule has 0 bridgehead atoms. The minimum atomic E-state index is -0.198. The molecule has 2 N–H and O–H groups in total. The van der Waals surface area contributed by atoms with Gasteiger partial charge in [-0.15, -0.1) is 0 Å². The Bertz CT molecular complexity index is 764. The molecule has 7 heteroatoms. The van der Waals surface area contributed by atoms with Crippen molar-refractivity contribution in [1.29, 1.82) is 0 Å². The molecule has 0 unspecified atom stereocenters. The zero-order chi connectivity index (χ0) is 19.6. The topological polar surface area (TPSA) is 52.6 Å². The molecule has 0 radical (unpaired) electrons. The Morgan fingerprint density at radius 2 is 2.00 bits per heavy atom. The van der Waals surface area contributed by atoms with Gasteiger partial charge in [-0.25, -0.2) is 14.4 Å². The van der Waals surface area contributed by atoms with E-state index in [4.69, 9.17) is 0 Å². The normalized spacial score (nSPS) is 11.4. The van der Waals surface area contributed by atoms with Gasteiger partial charge in [0, 0.05) is 44.7 Å². The van der Waals surface area contributed by atoms with Gasteiger partial charge in [-0.3, -0.25) is 0 Å². The molecule has 0 spiro atoms. The van der Waals surface area contributed by atoms with Crippen molar-refractivity contribution < 1.29 is 4.39 Å². The Labute approximate surface area is 165 Å². The average Bonchev–Trinajstić information content (AvgIpc) is 2.65. The summed E-state index contributed by atoms with van der Waals surface area (Å²) >= 11 is 1.68. The van der Waals surface area contributed by atoms with Gasteiger partial charge in [0.15, 0.2) is 5.96 Å². The molecule has 2 rings (SSSR count). The fraction of sp³-hybridized carbons (Fsp3) is 0.400. The molecule has 2 aromatic rings. The number of nitrogens with one attached hydrogen (secondary N) is 2. The molecule has 0 saturated heterocycles. The lowest BCUT2D eigenvalue weighted by Gasteiger charge is -2.16. The van der Waals surface area contributed by atoms with E-state index < -0.39 is 0 Å². The molecular formula is C20H28FN5S. The Hall–Kier alpha value is -2.28. The van der Waals surface area contributed by atoms with Crippen molar-refractivity contribution in [3.8, 4) is 0 Å². The van der Waals surface area contributed by atoms with Crippen LogP contribution in [0.25, 0.3) is 0 Å². The number of halogens is 1. The zero-order valence-electron chi connectivity index (χ0n) is 16.4. The number of nitrogens with zero attached hydrogens (tertiary/aromatic N) is 3. The largest absolute Gasteiger partial charge is 0.362 e. The standard InChI is InChI=1S/C20H28FN5S/c1-5-22-20(25-13-16-7-6-10-23-19(16)26(2)3)24-12-15-8-9-18(21)11-17(15)14-27-4/h6-11H,5,12-14H2,1-4H3,(H2,22,24,25). The fourth-order valence-corrected chi connectivity index (χ4v) is 3.28. The van der Waals surface area contributed by atoms with Crippen LogP contribution in [-0.4, -0.2) is 37.8 Å². The number of benzene rings is 1. The van der Waals surface area contributed by atoms with Crippen molar-refractivity contribution in [2.24, 2.45) is 4.99 Å². The van der Waals surface area contributed by atoms with Gasteiger partial charge in [-0.2, -0.15) is 11.8 Å². The second-order valence-corrected chi connectivity index (χ2v) is 7.14. The highest BCUT2D eigenvalue weighted by Crippen LogP contribution is 2.17. The van der Waals surface area contributed by atoms with Gasteiger partial charge < -0.3 is 15.5 Å². The van der Waals surface area contributed by atoms with Crippen molar-refractivity contribution in [3.05, 3.63) is 59.0 Å². The molecule has 0 aliphatic carbocycles. The smallest absolute Gasteiger partial charge is 0.191 e. The van der Waals surface area contributed by atoms with E-state index >= 15 is 0 Å². The fourth-order valence-electron chi connectivity index (χ4n) is 2.70. The zero-order valence-corrected chi connectivity index (χ0v) is 17.2. The van der Waals surface area contributed by atoms with E-state index in [1.54, 1.807) is 24.0 Å². The maximum Gasteiger partial charge on any atom is 0.191 e. The maximum atomic E-state index is 13.5. The number of thioether (sulfide) groups is 1. The molecule has 0 aliphatic rings. The Morgan fingerprint density at radius 1 is 1.19 bits per heavy atom. The van der Waals surface area contributed by atoms with E-state index in [-0.39, 0.29) is 5.82 Å². The van der Waals surface area contributed by atoms with E-state index in [9.17, 15) is 4.39 Å². The molecule has 0 amide bonds. The highest BCUT2D eigenvalue weighted by atomic mass is 32.2. The number of aromatic nitrogens is 1. The lowest BCUT2D eigenvalue weighted by atomic mass is 10.1. The van der Waals surface area contributed by atoms with Crippen LogP contribution in [0.2, 0.25) is 0 Å². The number of anilines is 1. The number of guanidine groups is 1. The van der Waals surface area contributed by atoms with Crippen LogP contribution < -0.4 is 15.5 Å². The van der Waals surface area contributed by atoms with E-state index in [0.717, 1.165) is 40.8 Å². The second-order valence-electron chi connectivity index (χ2n) is 6.28. The summed E-state index contributed by atoms with van der Waals surface area (Å²) in [7, 11) is 3.95. The molecule has 0 fully saturated rings. The van der Waals surface area contributed by atoms with Gasteiger partial charge in [0.1, 0.15) is 11.6 Å². The first kappa shape index (κ1) is 21.0. The minimum absolute atomic E-state index is 0.198. The highest BCUT2D eigenvalue weighted by molar-refractivity contribution is 7.97. The predicted octanol–water partition coefficient (Wildman–Crippen LogP) is 3.41. The van der Waals surface area contributed by atoms with Gasteiger partial charge in [-0.05, 0) is 42.5 Å². The molecular weight excluding hydrogens is 361 g/mol. The van der Waals surface area contributed by atoms with E-state index in [2.05, 4.69) is 20.6 Å². The molecule has 5 nitrogen and oxygen atoms in total. The summed E-state index contributed by atoms with van der Waals surface area (Å²) < 4.78 is 13.5. The predicted molar refractivity (Wildman–Crippen MR) is 114 cm³/mol. The van der Waals surface area contributed by atoms with E-state index in [1.807, 2.05) is 50.4 Å². The van der Waals surface area contributed by atoms with Crippen LogP contribution in [0.3, 0.4) is 0 Å². The van der Waals surface area contributed by atoms with Crippen molar-refractivity contribution in [3.63, 3.8) is 0 Å². The van der Waals surface area contributed by atoms with Gasteiger partial charge in [0.05, 0.1) is 6.54 Å². The van der Waals surface area contributed by atoms with Crippen LogP contribution >= 0.6 is 11.8 Å². The molecule has 0 aliphatic heterocycles. The third kappa shape index (κ3) is 6.43.